The van der Waals surface area contributed by atoms with Crippen LogP contribution in [0.4, 0.5) is 45.2 Å². The molecule has 732 valence electrons. The molecule has 9 aromatic rings. The number of aromatic nitrogens is 2. The first-order valence-electron chi connectivity index (χ1n) is 39.4. The molecule has 139 heavy (non-hydrogen) atoms. The minimum atomic E-state index is -3.53. The molecule has 2 aliphatic carbocycles. The Morgan fingerprint density at radius 3 is 1.17 bits per heavy atom. The Kier molecular flexibility index (Phi) is 39.9. The van der Waals surface area contributed by atoms with E-state index in [0.29, 0.717) is 90.7 Å². The fourth-order valence-corrected chi connectivity index (χ4v) is 19.5. The second-order valence-corrected chi connectivity index (χ2v) is 40.1. The number of ketones is 7. The van der Waals surface area contributed by atoms with Gasteiger partial charge in [0.1, 0.15) is 119 Å². The standard InChI is InChI=1S/C14H11Br3FNO2.C14H10Br3FO2.C14H10ClF2NO2.C14H13FN2O3.C13H9Br3FNO2.C12H8ClF2NO2.C12H11FN2O4S/c1-6-4-7(18)5-8(13(6)21-3)12(20)11-9(15)10(16)14(17)19(11)2;1-6-3-7(18)4-9(14(6)20-2)13(19)8-5-10(15)12(17)11(8)16;1-7-2-9(16)5-10(13(7)18-6-19)14(20)8-3-11(15)12(17)4-8;1-7-3-9(15)5-10(12(7)18)13(19)8-4-11(17-6-8)14(20)16-2;1-5-3-6(17)4-7(11(5)19)12(20)10-8(14)9(15)13(16)18(10)2;1-5-2-6(14)3-7(10(5)17)11(18)9-4-8(15)12(13)16-9;1-6-3-7(13)4-8(11(6)16)12(17)9-5-10(15-14-9)20(2,18)19/h4-5H,1-3H3;3-4H,5H2,1-2H3;2-3,5-6H,4H2,1H3,(H,18,19);3,5-6,18H,4H2,1-2H3,(H,16,20);3-4,19H,1-2H3;2-3,17H,4H2,1H3;3-4,16H,5H2,1-2H3. The highest BCUT2D eigenvalue weighted by atomic mass is 79.9. The van der Waals surface area contributed by atoms with Crippen LogP contribution in [0.2, 0.25) is 0 Å². The quantitative estimate of drug-likeness (QED) is 0.0189. The number of Topliss-reactive ketones (excluding diaryl/α,β-unsaturated/α-hetero) is 5. The minimum Gasteiger partial charge on any atom is -0.507 e. The van der Waals surface area contributed by atoms with Gasteiger partial charge in [-0.1, -0.05) is 39.1 Å². The lowest BCUT2D eigenvalue weighted by Crippen LogP contribution is -2.27. The van der Waals surface area contributed by atoms with E-state index in [1.807, 2.05) is 0 Å². The summed E-state index contributed by atoms with van der Waals surface area (Å²) in [6.07, 6.45) is 3.53. The number of phenols is 4. The maximum atomic E-state index is 13.7. The number of aliphatic imine (C=N–C) groups is 2. The molecule has 0 atom stereocenters. The first-order chi connectivity index (χ1) is 64.9. The maximum absolute atomic E-state index is 13.7. The first kappa shape index (κ1) is 114. The van der Waals surface area contributed by atoms with Crippen molar-refractivity contribution in [3.8, 4) is 34.5 Å². The number of methoxy groups -OCH3 is 2. The molecule has 6 N–H and O–H groups in total. The lowest BCUT2D eigenvalue weighted by Gasteiger charge is -2.12. The van der Waals surface area contributed by atoms with E-state index in [1.54, 1.807) is 50.9 Å². The number of nitrogens with one attached hydrogen (secondary N) is 2. The van der Waals surface area contributed by atoms with Crippen molar-refractivity contribution in [3.63, 3.8) is 0 Å². The van der Waals surface area contributed by atoms with Crippen LogP contribution in [-0.4, -0.2) is 140 Å². The van der Waals surface area contributed by atoms with Gasteiger partial charge in [0, 0.05) is 95.0 Å². The van der Waals surface area contributed by atoms with E-state index in [-0.39, 0.29) is 171 Å². The molecule has 0 spiro atoms. The molecule has 7 aromatic carbocycles. The minimum absolute atomic E-state index is 0.0278. The Labute approximate surface area is 872 Å². The number of ether oxygens (including phenoxy) is 2. The van der Waals surface area contributed by atoms with Crippen molar-refractivity contribution < 1.29 is 121 Å². The molecule has 2 amide bonds. The number of allylic oxidation sites excluding steroid dienone is 10. The zero-order valence-electron chi connectivity index (χ0n) is 74.1. The summed E-state index contributed by atoms with van der Waals surface area (Å²) < 4.78 is 163. The predicted octanol–water partition coefficient (Wildman–Crippen LogP) is 24.7. The third-order valence-electron chi connectivity index (χ3n) is 20.4. The van der Waals surface area contributed by atoms with E-state index in [0.717, 1.165) is 68.2 Å². The summed E-state index contributed by atoms with van der Waals surface area (Å²) >= 11 is 41.3. The van der Waals surface area contributed by atoms with Gasteiger partial charge in [0.15, 0.2) is 37.4 Å². The average Bonchev–Trinajstić information content (AvgIpc) is 1.57. The molecule has 46 heteroatoms. The summed E-state index contributed by atoms with van der Waals surface area (Å²) in [5.41, 5.74) is 4.04. The number of anilines is 1. The molecule has 0 radical (unpaired) electrons. The topological polar surface area (TPSA) is 371 Å². The molecule has 5 heterocycles. The van der Waals surface area contributed by atoms with Crippen molar-refractivity contribution in [1.29, 1.82) is 0 Å². The number of aryl methyl sites for hydroxylation is 7. The lowest BCUT2D eigenvalue weighted by atomic mass is 9.98. The van der Waals surface area contributed by atoms with Gasteiger partial charge in [0.2, 0.25) is 29.5 Å². The number of halogens is 20. The number of carbonyl (C=O) groups excluding carboxylic acids is 9. The van der Waals surface area contributed by atoms with Crippen molar-refractivity contribution in [2.24, 2.45) is 34.3 Å². The molecule has 0 fully saturated rings. The molecule has 5 aliphatic rings. The molecular weight excluding hydrogens is 2490 g/mol. The summed E-state index contributed by atoms with van der Waals surface area (Å²) in [6, 6.07) is 15.5. The van der Waals surface area contributed by atoms with Crippen LogP contribution in [0.3, 0.4) is 0 Å². The van der Waals surface area contributed by atoms with Gasteiger partial charge in [-0.05, 0) is 306 Å². The zero-order chi connectivity index (χ0) is 104. The molecule has 3 aliphatic heterocycles. The zero-order valence-corrected chi connectivity index (χ0v) is 90.7. The fourth-order valence-electron chi connectivity index (χ4n) is 13.4. The third-order valence-corrected chi connectivity index (χ3v) is 32.6. The van der Waals surface area contributed by atoms with Gasteiger partial charge in [0.05, 0.1) is 88.3 Å². The molecule has 0 saturated heterocycles. The van der Waals surface area contributed by atoms with E-state index < -0.39 is 91.1 Å². The monoisotopic (exact) mass is 2560 g/mol. The number of nitrogens with zero attached hydrogens (tertiary/aromatic N) is 6. The number of benzene rings is 7. The van der Waals surface area contributed by atoms with E-state index in [1.165, 1.54) is 90.7 Å². The van der Waals surface area contributed by atoms with Crippen LogP contribution in [0.5, 0.6) is 34.5 Å². The summed E-state index contributed by atoms with van der Waals surface area (Å²) in [4.78, 5) is 116. The van der Waals surface area contributed by atoms with Gasteiger partial charge in [-0.15, -0.1) is 5.10 Å². The predicted molar refractivity (Wildman–Crippen MR) is 540 cm³/mol. The van der Waals surface area contributed by atoms with Gasteiger partial charge in [-0.3, -0.25) is 48.1 Å². The molecular formula is C93H72Br9Cl2F9N8O17S. The highest BCUT2D eigenvalue weighted by Gasteiger charge is 2.35. The number of hydrogen-bond donors (Lipinski definition) is 6. The molecule has 0 unspecified atom stereocenters. The van der Waals surface area contributed by atoms with Crippen LogP contribution in [0.1, 0.15) is 155 Å². The van der Waals surface area contributed by atoms with E-state index in [9.17, 15) is 112 Å². The van der Waals surface area contributed by atoms with Crippen molar-refractivity contribution in [3.05, 3.63) is 306 Å². The largest absolute Gasteiger partial charge is 0.507 e. The number of hydrogen-bond acceptors (Lipinski definition) is 21. The Hall–Kier alpha value is -10.1. The normalized spacial score (nSPS) is 13.5. The Morgan fingerprint density at radius 2 is 0.813 bits per heavy atom. The molecule has 0 bridgehead atoms. The van der Waals surface area contributed by atoms with Crippen molar-refractivity contribution in [1.82, 2.24) is 14.5 Å². The highest BCUT2D eigenvalue weighted by molar-refractivity contribution is 9.16. The highest BCUT2D eigenvalue weighted by Crippen LogP contribution is 2.46. The van der Waals surface area contributed by atoms with Gasteiger partial charge in [-0.2, -0.15) is 5.10 Å². The number of amides is 2. The smallest absolute Gasteiger partial charge is 0.265 e. The van der Waals surface area contributed by atoms with Crippen LogP contribution in [-0.2, 0) is 33.5 Å². The summed E-state index contributed by atoms with van der Waals surface area (Å²) in [5, 5.41) is 50.3. The Balaban J connectivity index is 0.000000199. The van der Waals surface area contributed by atoms with Gasteiger partial charge in [-0.25, -0.2) is 52.9 Å². The third kappa shape index (κ3) is 26.8. The second kappa shape index (κ2) is 48.6. The van der Waals surface area contributed by atoms with E-state index in [4.69, 9.17) is 32.7 Å². The number of phenolic OH excluding ortho intramolecular Hbond substituents is 4. The molecule has 2 aromatic heterocycles. The molecule has 25 nitrogen and oxygen atoms in total. The van der Waals surface area contributed by atoms with Crippen molar-refractivity contribution in [2.45, 2.75) is 80.6 Å². The number of carbonyl (C=O) groups is 9. The van der Waals surface area contributed by atoms with Crippen LogP contribution >= 0.6 is 167 Å². The van der Waals surface area contributed by atoms with Gasteiger partial charge < -0.3 is 49.7 Å². The Morgan fingerprint density at radius 1 is 0.439 bits per heavy atom. The Bertz CT molecular complexity index is 7140. The second-order valence-electron chi connectivity index (χ2n) is 30.1. The van der Waals surface area contributed by atoms with Crippen molar-refractivity contribution in [2.75, 3.05) is 32.8 Å². The summed E-state index contributed by atoms with van der Waals surface area (Å²) in [5.74, 6) is -9.72. The van der Waals surface area contributed by atoms with Gasteiger partial charge in [0.25, 0.3) is 5.91 Å². The first-order valence-corrected chi connectivity index (χ1v) is 49.1. The summed E-state index contributed by atoms with van der Waals surface area (Å²) in [7, 11) is 4.30. The van der Waals surface area contributed by atoms with Crippen molar-refractivity contribution >= 4 is 257 Å². The fraction of sp³-hybridized carbons (Fsp3) is 0.194. The van der Waals surface area contributed by atoms with E-state index in [2.05, 4.69) is 174 Å². The maximum Gasteiger partial charge on any atom is 0.265 e. The van der Waals surface area contributed by atoms with Crippen LogP contribution in [0.15, 0.2) is 196 Å². The lowest BCUT2D eigenvalue weighted by molar-refractivity contribution is -0.114. The van der Waals surface area contributed by atoms with Gasteiger partial charge >= 0.3 is 0 Å². The summed E-state index contributed by atoms with van der Waals surface area (Å²) in [6.45, 7) is 10.9. The van der Waals surface area contributed by atoms with Crippen LogP contribution in [0, 0.1) is 89.2 Å². The molecule has 14 rings (SSSR count). The van der Waals surface area contributed by atoms with E-state index >= 15 is 0 Å². The van der Waals surface area contributed by atoms with Crippen LogP contribution in [0.25, 0.3) is 0 Å². The number of rotatable bonds is 19. The van der Waals surface area contributed by atoms with Crippen LogP contribution < -0.4 is 20.1 Å². The number of aromatic hydroxyl groups is 4. The number of sulfone groups is 1. The average molecular weight is 2570 g/mol. The SMILES string of the molecule is CNC(=O)C1=NC=C(C(=O)c2cc(F)cc(C)c2O)C1.COc1c(C)cc(F)cc1C(=O)C1=C(Br)C(Br)=C(Br)C1.COc1c(C)cc(F)cc1C(=O)c1c(Br)c(Br)c(Br)n1C.Cc1cc(F)cc(C(=O)C2=CC(Cl)=C(F)C2)c1NC=O.Cc1cc(F)cc(C(=O)C2=NC(Cl)=C(F)C2)c1O.Cc1cc(F)cc(C(=O)C2=NN=C(S(C)(=O)=O)C2)c1O.Cc1cc(F)cc(C(=O)c2c(Br)c(Br)c(Br)n2C)c1O. The molecule has 0 saturated carbocycles.